The number of rotatable bonds is 3. The number of piperidine rings is 1. The van der Waals surface area contributed by atoms with E-state index in [1.54, 1.807) is 0 Å². The van der Waals surface area contributed by atoms with Gasteiger partial charge in [-0.1, -0.05) is 13.3 Å². The Labute approximate surface area is 126 Å². The number of H-pyrrole nitrogens is 1. The largest absolute Gasteiger partial charge is 0.334 e. The quantitative estimate of drug-likeness (QED) is 0.926. The summed E-state index contributed by atoms with van der Waals surface area (Å²) < 4.78 is 0. The summed E-state index contributed by atoms with van der Waals surface area (Å²) in [4.78, 5) is 17.0. The number of nitrogens with one attached hydrogen (secondary N) is 1. The molecule has 1 aromatic heterocycles. The van der Waals surface area contributed by atoms with Crippen molar-refractivity contribution in [2.75, 3.05) is 19.6 Å². The minimum absolute atomic E-state index is 0.0874. The van der Waals surface area contributed by atoms with E-state index < -0.39 is 0 Å². The topological polar surface area (TPSA) is 52.2 Å². The molecule has 1 N–H and O–H groups in total. The molecule has 1 unspecified atom stereocenters. The molecule has 0 aliphatic carbocycles. The molecule has 116 valence electrons. The van der Waals surface area contributed by atoms with Crippen molar-refractivity contribution in [2.24, 2.45) is 0 Å². The number of hydrogen-bond acceptors (Lipinski definition) is 3. The van der Waals surface area contributed by atoms with Crippen molar-refractivity contribution in [3.63, 3.8) is 0 Å². The molecule has 2 aliphatic heterocycles. The molecule has 1 amide bonds. The lowest BCUT2D eigenvalue weighted by molar-refractivity contribution is 0.00177. The third kappa shape index (κ3) is 2.59. The van der Waals surface area contributed by atoms with Crippen LogP contribution in [0.15, 0.2) is 0 Å². The van der Waals surface area contributed by atoms with Crippen molar-refractivity contribution in [3.8, 4) is 0 Å². The molecular formula is C16H26N4O. The van der Waals surface area contributed by atoms with Crippen LogP contribution < -0.4 is 0 Å². The van der Waals surface area contributed by atoms with Crippen molar-refractivity contribution >= 4 is 5.91 Å². The molecular weight excluding hydrogens is 264 g/mol. The normalized spacial score (nSPS) is 24.1. The molecule has 2 fully saturated rings. The SMILES string of the molecule is CCc1[nH]nc(C(=O)N2CC(N3CCCCC3C)C2)c1C. The Bertz CT molecular complexity index is 518. The minimum atomic E-state index is 0.0874. The number of aromatic amines is 1. The van der Waals surface area contributed by atoms with E-state index in [0.717, 1.165) is 30.8 Å². The van der Waals surface area contributed by atoms with Gasteiger partial charge in [-0.05, 0) is 39.7 Å². The van der Waals surface area contributed by atoms with Crippen LogP contribution in [-0.2, 0) is 6.42 Å². The van der Waals surface area contributed by atoms with E-state index in [2.05, 4.69) is 28.9 Å². The highest BCUT2D eigenvalue weighted by Gasteiger charge is 2.38. The molecule has 3 heterocycles. The van der Waals surface area contributed by atoms with Gasteiger partial charge in [0.15, 0.2) is 5.69 Å². The summed E-state index contributed by atoms with van der Waals surface area (Å²) >= 11 is 0. The second kappa shape index (κ2) is 5.79. The van der Waals surface area contributed by atoms with E-state index in [1.807, 2.05) is 11.8 Å². The van der Waals surface area contributed by atoms with E-state index in [0.29, 0.717) is 17.8 Å². The number of carbonyl (C=O) groups excluding carboxylic acids is 1. The molecule has 0 radical (unpaired) electrons. The third-order valence-corrected chi connectivity index (χ3v) is 5.14. The van der Waals surface area contributed by atoms with E-state index in [1.165, 1.54) is 25.8 Å². The maximum Gasteiger partial charge on any atom is 0.274 e. The van der Waals surface area contributed by atoms with Gasteiger partial charge in [-0.25, -0.2) is 0 Å². The number of likely N-dealkylation sites (tertiary alicyclic amines) is 2. The average Bonchev–Trinajstić information content (AvgIpc) is 2.80. The Hall–Kier alpha value is -1.36. The Morgan fingerprint density at radius 1 is 1.38 bits per heavy atom. The number of nitrogens with zero attached hydrogens (tertiary/aromatic N) is 3. The van der Waals surface area contributed by atoms with Crippen molar-refractivity contribution in [1.82, 2.24) is 20.0 Å². The van der Waals surface area contributed by atoms with E-state index >= 15 is 0 Å². The Kier molecular flexibility index (Phi) is 4.02. The summed E-state index contributed by atoms with van der Waals surface area (Å²) in [6.07, 6.45) is 4.83. The molecule has 5 nitrogen and oxygen atoms in total. The van der Waals surface area contributed by atoms with Gasteiger partial charge in [-0.2, -0.15) is 5.10 Å². The molecule has 0 aromatic carbocycles. The Balaban J connectivity index is 1.60. The van der Waals surface area contributed by atoms with Crippen LogP contribution >= 0.6 is 0 Å². The van der Waals surface area contributed by atoms with Gasteiger partial charge in [0.1, 0.15) is 0 Å². The van der Waals surface area contributed by atoms with Crippen molar-refractivity contribution in [3.05, 3.63) is 17.0 Å². The first-order chi connectivity index (χ1) is 10.1. The standard InChI is InChI=1S/C16H26N4O/c1-4-14-12(3)15(18-17-14)16(21)19-9-13(10-19)20-8-6-5-7-11(20)2/h11,13H,4-10H2,1-3H3,(H,17,18). The fraction of sp³-hybridized carbons (Fsp3) is 0.750. The van der Waals surface area contributed by atoms with Crippen LogP contribution in [0.1, 0.15) is 54.9 Å². The number of hydrogen-bond donors (Lipinski definition) is 1. The van der Waals surface area contributed by atoms with Gasteiger partial charge in [0.2, 0.25) is 0 Å². The summed E-state index contributed by atoms with van der Waals surface area (Å²) in [7, 11) is 0. The average molecular weight is 290 g/mol. The van der Waals surface area contributed by atoms with Crippen LogP contribution in [0.3, 0.4) is 0 Å². The van der Waals surface area contributed by atoms with Crippen LogP contribution in [0, 0.1) is 6.92 Å². The number of aryl methyl sites for hydroxylation is 1. The molecule has 5 heteroatoms. The molecule has 1 aromatic rings. The monoisotopic (exact) mass is 290 g/mol. The highest BCUT2D eigenvalue weighted by Crippen LogP contribution is 2.25. The lowest BCUT2D eigenvalue weighted by atomic mass is 9.97. The van der Waals surface area contributed by atoms with Crippen molar-refractivity contribution in [1.29, 1.82) is 0 Å². The molecule has 1 atom stereocenters. The summed E-state index contributed by atoms with van der Waals surface area (Å²) in [5, 5.41) is 7.19. The molecule has 2 aliphatic rings. The first kappa shape index (κ1) is 14.6. The Morgan fingerprint density at radius 2 is 2.14 bits per heavy atom. The zero-order chi connectivity index (χ0) is 15.0. The van der Waals surface area contributed by atoms with Crippen LogP contribution in [0.2, 0.25) is 0 Å². The van der Waals surface area contributed by atoms with Gasteiger partial charge >= 0.3 is 0 Å². The zero-order valence-electron chi connectivity index (χ0n) is 13.4. The lowest BCUT2D eigenvalue weighted by Gasteiger charge is -2.49. The van der Waals surface area contributed by atoms with Crippen LogP contribution in [0.25, 0.3) is 0 Å². The summed E-state index contributed by atoms with van der Waals surface area (Å²) in [6.45, 7) is 9.28. The van der Waals surface area contributed by atoms with Gasteiger partial charge in [-0.15, -0.1) is 0 Å². The van der Waals surface area contributed by atoms with E-state index in [4.69, 9.17) is 0 Å². The minimum Gasteiger partial charge on any atom is -0.334 e. The summed E-state index contributed by atoms with van der Waals surface area (Å²) in [6, 6.07) is 1.22. The molecule has 3 rings (SSSR count). The van der Waals surface area contributed by atoms with Gasteiger partial charge in [0.05, 0.1) is 0 Å². The van der Waals surface area contributed by atoms with Crippen LogP contribution in [0.5, 0.6) is 0 Å². The fourth-order valence-electron chi connectivity index (χ4n) is 3.63. The Morgan fingerprint density at radius 3 is 2.76 bits per heavy atom. The second-order valence-corrected chi connectivity index (χ2v) is 6.48. The number of carbonyl (C=O) groups is 1. The van der Waals surface area contributed by atoms with Crippen LogP contribution in [0.4, 0.5) is 0 Å². The van der Waals surface area contributed by atoms with Crippen molar-refractivity contribution in [2.45, 2.75) is 58.5 Å². The molecule has 0 bridgehead atoms. The van der Waals surface area contributed by atoms with Gasteiger partial charge < -0.3 is 4.90 Å². The van der Waals surface area contributed by atoms with Gasteiger partial charge in [0, 0.05) is 36.4 Å². The predicted octanol–water partition coefficient (Wildman–Crippen LogP) is 1.98. The molecule has 2 saturated heterocycles. The van der Waals surface area contributed by atoms with Gasteiger partial charge in [-0.3, -0.25) is 14.8 Å². The summed E-state index contributed by atoms with van der Waals surface area (Å²) in [5.74, 6) is 0.0874. The summed E-state index contributed by atoms with van der Waals surface area (Å²) in [5.41, 5.74) is 2.69. The van der Waals surface area contributed by atoms with Crippen molar-refractivity contribution < 1.29 is 4.79 Å². The highest BCUT2D eigenvalue weighted by molar-refractivity contribution is 5.94. The smallest absolute Gasteiger partial charge is 0.274 e. The maximum atomic E-state index is 12.5. The van der Waals surface area contributed by atoms with E-state index in [-0.39, 0.29) is 5.91 Å². The maximum absolute atomic E-state index is 12.5. The van der Waals surface area contributed by atoms with Gasteiger partial charge in [0.25, 0.3) is 5.91 Å². The fourth-order valence-corrected chi connectivity index (χ4v) is 3.63. The first-order valence-corrected chi connectivity index (χ1v) is 8.20. The number of amides is 1. The second-order valence-electron chi connectivity index (χ2n) is 6.48. The molecule has 0 saturated carbocycles. The third-order valence-electron chi connectivity index (χ3n) is 5.14. The predicted molar refractivity (Wildman–Crippen MR) is 82.4 cm³/mol. The first-order valence-electron chi connectivity index (χ1n) is 8.20. The molecule has 0 spiro atoms. The number of aromatic nitrogens is 2. The lowest BCUT2D eigenvalue weighted by Crippen LogP contribution is -2.63. The molecule has 21 heavy (non-hydrogen) atoms. The highest BCUT2D eigenvalue weighted by atomic mass is 16.2. The van der Waals surface area contributed by atoms with Crippen LogP contribution in [-0.4, -0.2) is 57.6 Å². The zero-order valence-corrected chi connectivity index (χ0v) is 13.4. The van der Waals surface area contributed by atoms with E-state index in [9.17, 15) is 4.79 Å².